The molecule has 2 aliphatic rings. The molecule has 3 aromatic heterocycles. The van der Waals surface area contributed by atoms with E-state index in [0.29, 0.717) is 11.0 Å². The molecular formula is C19H18ClN3O3S. The van der Waals surface area contributed by atoms with E-state index in [0.717, 1.165) is 42.9 Å². The van der Waals surface area contributed by atoms with Gasteiger partial charge >= 0.3 is 5.97 Å². The molecule has 0 atom stereocenters. The minimum atomic E-state index is -1.19. The highest BCUT2D eigenvalue weighted by atomic mass is 35.5. The molecular weight excluding hydrogens is 386 g/mol. The molecule has 3 aromatic rings. The largest absolute Gasteiger partial charge is 0.477 e. The number of nitrogens with zero attached hydrogens (tertiary/aromatic N) is 2. The number of aromatic carboxylic acids is 1. The van der Waals surface area contributed by atoms with Crippen molar-refractivity contribution in [3.05, 3.63) is 50.6 Å². The first kappa shape index (κ1) is 18.2. The molecule has 0 aromatic carbocycles. The topological polar surface area (TPSA) is 84.2 Å². The smallest absolute Gasteiger partial charge is 0.341 e. The van der Waals surface area contributed by atoms with Crippen LogP contribution in [-0.4, -0.2) is 27.2 Å². The molecule has 2 N–H and O–H groups in total. The lowest BCUT2D eigenvalue weighted by Gasteiger charge is -2.11. The van der Waals surface area contributed by atoms with Crippen molar-refractivity contribution in [3.8, 4) is 10.6 Å². The summed E-state index contributed by atoms with van der Waals surface area (Å²) in [5.74, 6) is -1.19. The minimum Gasteiger partial charge on any atom is -0.477 e. The van der Waals surface area contributed by atoms with E-state index in [1.807, 2.05) is 10.6 Å². The average molecular weight is 404 g/mol. The predicted molar refractivity (Wildman–Crippen MR) is 107 cm³/mol. The Morgan fingerprint density at radius 3 is 2.85 bits per heavy atom. The molecule has 0 spiro atoms. The van der Waals surface area contributed by atoms with Crippen LogP contribution in [0.3, 0.4) is 0 Å². The number of pyridine rings is 2. The van der Waals surface area contributed by atoms with Crippen LogP contribution < -0.4 is 10.7 Å². The lowest BCUT2D eigenvalue weighted by atomic mass is 10.1. The summed E-state index contributed by atoms with van der Waals surface area (Å²) in [7, 11) is 0. The fourth-order valence-electron chi connectivity index (χ4n) is 3.53. The number of aromatic nitrogens is 2. The van der Waals surface area contributed by atoms with Crippen LogP contribution in [0.4, 0.5) is 0 Å². The quantitative estimate of drug-likeness (QED) is 0.701. The van der Waals surface area contributed by atoms with Crippen molar-refractivity contribution in [1.82, 2.24) is 14.9 Å². The minimum absolute atomic E-state index is 0. The summed E-state index contributed by atoms with van der Waals surface area (Å²) < 4.78 is 1.87. The molecule has 8 heteroatoms. The molecule has 6 nitrogen and oxygen atoms in total. The van der Waals surface area contributed by atoms with E-state index < -0.39 is 11.4 Å². The highest BCUT2D eigenvalue weighted by Gasteiger charge is 2.27. The van der Waals surface area contributed by atoms with Crippen molar-refractivity contribution in [3.63, 3.8) is 0 Å². The number of halogens is 1. The van der Waals surface area contributed by atoms with Gasteiger partial charge < -0.3 is 15.0 Å². The number of hydrogen-bond donors (Lipinski definition) is 2. The van der Waals surface area contributed by atoms with Crippen LogP contribution in [-0.2, 0) is 13.0 Å². The Bertz CT molecular complexity index is 1090. The van der Waals surface area contributed by atoms with E-state index in [1.54, 1.807) is 17.4 Å². The Morgan fingerprint density at radius 2 is 2.15 bits per heavy atom. The van der Waals surface area contributed by atoms with Crippen LogP contribution in [0.2, 0.25) is 0 Å². The summed E-state index contributed by atoms with van der Waals surface area (Å²) in [6.45, 7) is 1.88. The molecule has 0 unspecified atom stereocenters. The highest BCUT2D eigenvalue weighted by molar-refractivity contribution is 7.15. The third-order valence-corrected chi connectivity index (χ3v) is 6.30. The molecule has 1 aliphatic heterocycles. The zero-order valence-corrected chi connectivity index (χ0v) is 16.0. The van der Waals surface area contributed by atoms with Gasteiger partial charge in [-0.3, -0.25) is 4.79 Å². The maximum absolute atomic E-state index is 12.5. The average Bonchev–Trinajstić information content (AvgIpc) is 3.39. The monoisotopic (exact) mass is 403 g/mol. The predicted octanol–water partition coefficient (Wildman–Crippen LogP) is 3.23. The van der Waals surface area contributed by atoms with E-state index in [4.69, 9.17) is 4.98 Å². The fourth-order valence-corrected chi connectivity index (χ4v) is 4.68. The second-order valence-electron chi connectivity index (χ2n) is 6.87. The summed E-state index contributed by atoms with van der Waals surface area (Å²) in [5.41, 5.74) is 2.10. The number of carbonyl (C=O) groups is 1. The maximum atomic E-state index is 12.5. The third kappa shape index (κ3) is 3.05. The molecule has 27 heavy (non-hydrogen) atoms. The van der Waals surface area contributed by atoms with Crippen molar-refractivity contribution in [2.75, 3.05) is 6.54 Å². The summed E-state index contributed by atoms with van der Waals surface area (Å²) >= 11 is 1.76. The van der Waals surface area contributed by atoms with Crippen LogP contribution in [0, 0.1) is 0 Å². The molecule has 1 fully saturated rings. The van der Waals surface area contributed by atoms with Crippen molar-refractivity contribution in [1.29, 1.82) is 0 Å². The Labute approximate surface area is 165 Å². The lowest BCUT2D eigenvalue weighted by molar-refractivity contribution is 0.0695. The van der Waals surface area contributed by atoms with Gasteiger partial charge in [0.15, 0.2) is 0 Å². The van der Waals surface area contributed by atoms with Crippen molar-refractivity contribution in [2.45, 2.75) is 31.8 Å². The summed E-state index contributed by atoms with van der Waals surface area (Å²) in [4.78, 5) is 31.2. The van der Waals surface area contributed by atoms with E-state index in [-0.39, 0.29) is 24.0 Å². The van der Waals surface area contributed by atoms with Crippen LogP contribution in [0.15, 0.2) is 29.2 Å². The van der Waals surface area contributed by atoms with Crippen LogP contribution >= 0.6 is 23.7 Å². The normalized spacial score (nSPS) is 16.0. The zero-order valence-electron chi connectivity index (χ0n) is 14.4. The van der Waals surface area contributed by atoms with Gasteiger partial charge in [0, 0.05) is 30.2 Å². The SMILES string of the molecule is Cl.O=C(O)c1cn(C2CC2)c2nc(-c3cc4c(s3)CCNC4)ccc2c1=O. The molecule has 0 bridgehead atoms. The van der Waals surface area contributed by atoms with Gasteiger partial charge in [0.05, 0.1) is 16.0 Å². The molecule has 1 aliphatic carbocycles. The Hall–Kier alpha value is -2.22. The first-order chi connectivity index (χ1) is 12.6. The highest BCUT2D eigenvalue weighted by Crippen LogP contribution is 2.38. The first-order valence-corrected chi connectivity index (χ1v) is 9.55. The van der Waals surface area contributed by atoms with Gasteiger partial charge in [-0.25, -0.2) is 9.78 Å². The van der Waals surface area contributed by atoms with Crippen LogP contribution in [0.25, 0.3) is 21.6 Å². The summed E-state index contributed by atoms with van der Waals surface area (Å²) in [6.07, 6.45) is 4.47. The molecule has 0 radical (unpaired) electrons. The van der Waals surface area contributed by atoms with E-state index >= 15 is 0 Å². The zero-order chi connectivity index (χ0) is 17.8. The van der Waals surface area contributed by atoms with E-state index in [2.05, 4.69) is 11.4 Å². The van der Waals surface area contributed by atoms with E-state index in [9.17, 15) is 14.7 Å². The summed E-state index contributed by atoms with van der Waals surface area (Å²) in [5, 5.41) is 13.1. The first-order valence-electron chi connectivity index (χ1n) is 8.73. The number of carboxylic acids is 1. The van der Waals surface area contributed by atoms with Gasteiger partial charge in [-0.05, 0) is 43.0 Å². The maximum Gasteiger partial charge on any atom is 0.341 e. The van der Waals surface area contributed by atoms with Gasteiger partial charge in [0.25, 0.3) is 0 Å². The lowest BCUT2D eigenvalue weighted by Crippen LogP contribution is -2.21. The van der Waals surface area contributed by atoms with Gasteiger partial charge in [0.2, 0.25) is 5.43 Å². The van der Waals surface area contributed by atoms with Crippen LogP contribution in [0.1, 0.15) is 39.7 Å². The van der Waals surface area contributed by atoms with Gasteiger partial charge in [-0.1, -0.05) is 0 Å². The number of rotatable bonds is 3. The molecule has 5 rings (SSSR count). The Balaban J connectivity index is 0.00000180. The standard InChI is InChI=1S/C19H17N3O3S.ClH/c23-17-12-3-4-14(16-7-10-8-20-6-5-15(10)26-16)21-18(12)22(11-1-2-11)9-13(17)19(24)25;/h3-4,7,9,11,20H,1-2,5-6,8H2,(H,24,25);1H. The van der Waals surface area contributed by atoms with Gasteiger partial charge in [-0.15, -0.1) is 23.7 Å². The van der Waals surface area contributed by atoms with Crippen molar-refractivity contribution >= 4 is 40.7 Å². The number of thiophene rings is 1. The van der Waals surface area contributed by atoms with Crippen molar-refractivity contribution in [2.24, 2.45) is 0 Å². The third-order valence-electron chi connectivity index (χ3n) is 5.04. The van der Waals surface area contributed by atoms with Gasteiger partial charge in [0.1, 0.15) is 11.2 Å². The molecule has 1 saturated carbocycles. The molecule has 140 valence electrons. The second-order valence-corrected chi connectivity index (χ2v) is 8.01. The number of nitrogens with one attached hydrogen (secondary N) is 1. The van der Waals surface area contributed by atoms with Gasteiger partial charge in [-0.2, -0.15) is 0 Å². The fraction of sp³-hybridized carbons (Fsp3) is 0.316. The van der Waals surface area contributed by atoms with Crippen LogP contribution in [0.5, 0.6) is 0 Å². The number of fused-ring (bicyclic) bond motifs is 2. The molecule has 4 heterocycles. The Morgan fingerprint density at radius 1 is 1.33 bits per heavy atom. The Kier molecular flexibility index (Phi) is 4.53. The molecule has 0 saturated heterocycles. The van der Waals surface area contributed by atoms with E-state index in [1.165, 1.54) is 16.6 Å². The number of carboxylic acid groups (broad SMARTS) is 1. The summed E-state index contributed by atoms with van der Waals surface area (Å²) in [6, 6.07) is 5.96. The number of hydrogen-bond acceptors (Lipinski definition) is 5. The van der Waals surface area contributed by atoms with Crippen molar-refractivity contribution < 1.29 is 9.90 Å². The molecule has 0 amide bonds. The second kappa shape index (κ2) is 6.74.